The minimum absolute atomic E-state index is 0.316. The van der Waals surface area contributed by atoms with Crippen LogP contribution in [0, 0.1) is 5.92 Å². The Morgan fingerprint density at radius 1 is 1.10 bits per heavy atom. The van der Waals surface area contributed by atoms with Gasteiger partial charge in [-0.15, -0.1) is 11.8 Å². The molecular weight excluding hydrogens is 404 g/mol. The number of hydrogen-bond donors (Lipinski definition) is 3. The van der Waals surface area contributed by atoms with E-state index < -0.39 is 0 Å². The van der Waals surface area contributed by atoms with E-state index >= 15 is 0 Å². The van der Waals surface area contributed by atoms with Gasteiger partial charge in [-0.1, -0.05) is 37.3 Å². The quantitative estimate of drug-likeness (QED) is 0.311. The zero-order valence-electron chi connectivity index (χ0n) is 18.8. The third kappa shape index (κ3) is 7.78. The Bertz CT molecular complexity index is 789. The van der Waals surface area contributed by atoms with E-state index in [0.717, 1.165) is 45.0 Å². The van der Waals surface area contributed by atoms with Crippen molar-refractivity contribution in [3.8, 4) is 0 Å². The highest BCUT2D eigenvalue weighted by molar-refractivity contribution is 8.00. The molecule has 0 amide bonds. The normalized spacial score (nSPS) is 16.2. The monoisotopic (exact) mass is 440 g/mol. The Balaban J connectivity index is 1.49. The van der Waals surface area contributed by atoms with Crippen LogP contribution in [0.1, 0.15) is 32.3 Å². The van der Waals surface area contributed by atoms with Gasteiger partial charge < -0.3 is 20.6 Å². The van der Waals surface area contributed by atoms with Crippen molar-refractivity contribution >= 4 is 23.4 Å². The second kappa shape index (κ2) is 12.6. The van der Waals surface area contributed by atoms with Gasteiger partial charge in [0.2, 0.25) is 0 Å². The molecule has 1 aliphatic heterocycles. The van der Waals surface area contributed by atoms with Gasteiger partial charge in [0.25, 0.3) is 0 Å². The number of aliphatic imine (C=N–C) groups is 1. The average molecular weight is 441 g/mol. The first kappa shape index (κ1) is 23.5. The van der Waals surface area contributed by atoms with Crippen molar-refractivity contribution in [1.82, 2.24) is 10.6 Å². The molecule has 2 aromatic rings. The smallest absolute Gasteiger partial charge is 0.191 e. The minimum Gasteiger partial charge on any atom is -0.396 e. The number of benzene rings is 2. The van der Waals surface area contributed by atoms with Crippen LogP contribution >= 0.6 is 11.8 Å². The summed E-state index contributed by atoms with van der Waals surface area (Å²) in [4.78, 5) is 8.47. The molecule has 3 rings (SSSR count). The first-order valence-corrected chi connectivity index (χ1v) is 12.2. The van der Waals surface area contributed by atoms with Crippen molar-refractivity contribution in [2.24, 2.45) is 10.9 Å². The molecule has 3 N–H and O–H groups in total. The van der Waals surface area contributed by atoms with E-state index in [1.54, 1.807) is 0 Å². The topological polar surface area (TPSA) is 59.9 Å². The molecule has 0 radical (unpaired) electrons. The summed E-state index contributed by atoms with van der Waals surface area (Å²) in [5.41, 5.74) is 2.47. The molecule has 5 nitrogen and oxygen atoms in total. The highest BCUT2D eigenvalue weighted by atomic mass is 32.2. The average Bonchev–Trinajstić information content (AvgIpc) is 2.82. The van der Waals surface area contributed by atoms with E-state index in [1.807, 2.05) is 11.8 Å². The molecule has 1 fully saturated rings. The van der Waals surface area contributed by atoms with Crippen LogP contribution in [0.3, 0.4) is 0 Å². The van der Waals surface area contributed by atoms with E-state index in [4.69, 9.17) is 4.99 Å². The van der Waals surface area contributed by atoms with Gasteiger partial charge in [0.05, 0.1) is 6.54 Å². The number of aliphatic hydroxyl groups excluding tert-OH is 1. The van der Waals surface area contributed by atoms with Crippen LogP contribution in [0.5, 0.6) is 0 Å². The van der Waals surface area contributed by atoms with Crippen LogP contribution in [-0.2, 0) is 6.54 Å². The van der Waals surface area contributed by atoms with Gasteiger partial charge in [-0.3, -0.25) is 0 Å². The van der Waals surface area contributed by atoms with Crippen LogP contribution in [0.25, 0.3) is 0 Å². The third-order valence-corrected chi connectivity index (χ3v) is 6.69. The molecule has 31 heavy (non-hydrogen) atoms. The van der Waals surface area contributed by atoms with E-state index in [9.17, 15) is 5.11 Å². The van der Waals surface area contributed by atoms with Crippen molar-refractivity contribution in [3.63, 3.8) is 0 Å². The van der Waals surface area contributed by atoms with Crippen molar-refractivity contribution in [1.29, 1.82) is 0 Å². The number of guanidine groups is 1. The maximum absolute atomic E-state index is 9.32. The van der Waals surface area contributed by atoms with Gasteiger partial charge in [0.15, 0.2) is 5.96 Å². The molecule has 0 spiro atoms. The zero-order chi connectivity index (χ0) is 21.9. The second-order valence-corrected chi connectivity index (χ2v) is 9.61. The molecule has 6 heteroatoms. The van der Waals surface area contributed by atoms with Crippen molar-refractivity contribution in [2.75, 3.05) is 37.7 Å². The summed E-state index contributed by atoms with van der Waals surface area (Å²) in [6.45, 7) is 9.04. The maximum Gasteiger partial charge on any atom is 0.191 e. The molecule has 1 aliphatic rings. The summed E-state index contributed by atoms with van der Waals surface area (Å²) in [5.74, 6) is 1.33. The molecule has 1 saturated heterocycles. The fourth-order valence-electron chi connectivity index (χ4n) is 3.71. The fraction of sp³-hybridized carbons (Fsp3) is 0.480. The Morgan fingerprint density at radius 2 is 1.81 bits per heavy atom. The summed E-state index contributed by atoms with van der Waals surface area (Å²) in [6.07, 6.45) is 2.14. The lowest BCUT2D eigenvalue weighted by atomic mass is 9.97. The number of thioether (sulfide) groups is 1. The van der Waals surface area contributed by atoms with E-state index in [0.29, 0.717) is 24.3 Å². The molecule has 168 valence electrons. The molecule has 1 heterocycles. The lowest BCUT2D eigenvalue weighted by Crippen LogP contribution is -2.40. The van der Waals surface area contributed by atoms with E-state index in [1.165, 1.54) is 16.1 Å². The van der Waals surface area contributed by atoms with Crippen LogP contribution < -0.4 is 15.5 Å². The molecule has 1 atom stereocenters. The lowest BCUT2D eigenvalue weighted by molar-refractivity contribution is 0.203. The Hall–Kier alpha value is -2.18. The van der Waals surface area contributed by atoms with E-state index in [-0.39, 0.29) is 0 Å². The van der Waals surface area contributed by atoms with Crippen LogP contribution in [0.4, 0.5) is 5.69 Å². The maximum atomic E-state index is 9.32. The fourth-order valence-corrected chi connectivity index (χ4v) is 4.66. The van der Waals surface area contributed by atoms with Gasteiger partial charge in [-0.2, -0.15) is 0 Å². The van der Waals surface area contributed by atoms with Gasteiger partial charge in [0.1, 0.15) is 0 Å². The van der Waals surface area contributed by atoms with E-state index in [2.05, 4.69) is 84.0 Å². The number of anilines is 1. The van der Waals surface area contributed by atoms with Gasteiger partial charge in [-0.05, 0) is 55.5 Å². The summed E-state index contributed by atoms with van der Waals surface area (Å²) in [6, 6.07) is 19.3. The molecule has 0 aliphatic carbocycles. The van der Waals surface area contributed by atoms with Crippen LogP contribution in [0.2, 0.25) is 0 Å². The summed E-state index contributed by atoms with van der Waals surface area (Å²) >= 11 is 1.87. The first-order valence-electron chi connectivity index (χ1n) is 11.4. The van der Waals surface area contributed by atoms with Crippen LogP contribution in [-0.4, -0.2) is 49.1 Å². The Kier molecular flexibility index (Phi) is 9.56. The molecule has 0 saturated carbocycles. The zero-order valence-corrected chi connectivity index (χ0v) is 19.6. The number of nitrogens with one attached hydrogen (secondary N) is 2. The molecule has 2 aromatic carbocycles. The first-order chi connectivity index (χ1) is 15.2. The number of piperidine rings is 1. The van der Waals surface area contributed by atoms with Gasteiger partial charge in [0, 0.05) is 48.6 Å². The molecular formula is C25H36N4OS. The molecule has 0 bridgehead atoms. The third-order valence-electron chi connectivity index (χ3n) is 5.58. The predicted octanol–water partition coefficient (Wildman–Crippen LogP) is 4.13. The SMILES string of the molecule is CCNC(=NCc1ccc(N2CCC(CO)CC2)cc1)NCC(C)Sc1ccccc1. The minimum atomic E-state index is 0.316. The van der Waals surface area contributed by atoms with Gasteiger partial charge in [-0.25, -0.2) is 4.99 Å². The number of aliphatic hydroxyl groups is 1. The lowest BCUT2D eigenvalue weighted by Gasteiger charge is -2.32. The highest BCUT2D eigenvalue weighted by Crippen LogP contribution is 2.24. The number of hydrogen-bond acceptors (Lipinski definition) is 4. The standard InChI is InChI=1S/C25H36N4OS/c1-3-26-25(27-17-20(2)31-24-7-5-4-6-8-24)28-18-21-9-11-23(12-10-21)29-15-13-22(19-30)14-16-29/h4-12,20,22,30H,3,13-19H2,1-2H3,(H2,26,27,28). The van der Waals surface area contributed by atoms with Gasteiger partial charge >= 0.3 is 0 Å². The van der Waals surface area contributed by atoms with Crippen molar-refractivity contribution in [2.45, 2.75) is 43.4 Å². The summed E-state index contributed by atoms with van der Waals surface area (Å²) < 4.78 is 0. The Labute approximate surface area is 191 Å². The second-order valence-electron chi connectivity index (χ2n) is 8.10. The number of nitrogens with zero attached hydrogens (tertiary/aromatic N) is 2. The number of rotatable bonds is 9. The predicted molar refractivity (Wildman–Crippen MR) is 133 cm³/mol. The highest BCUT2D eigenvalue weighted by Gasteiger charge is 2.18. The summed E-state index contributed by atoms with van der Waals surface area (Å²) in [5, 5.41) is 16.6. The summed E-state index contributed by atoms with van der Waals surface area (Å²) in [7, 11) is 0. The van der Waals surface area contributed by atoms with Crippen molar-refractivity contribution in [3.05, 3.63) is 60.2 Å². The van der Waals surface area contributed by atoms with Crippen LogP contribution in [0.15, 0.2) is 64.5 Å². The Morgan fingerprint density at radius 3 is 2.45 bits per heavy atom. The van der Waals surface area contributed by atoms with Crippen molar-refractivity contribution < 1.29 is 5.11 Å². The molecule has 0 aromatic heterocycles. The molecule has 1 unspecified atom stereocenters. The largest absolute Gasteiger partial charge is 0.396 e.